The molecular formula is C16H25NOS. The molecule has 0 bridgehead atoms. The number of thioether (sulfide) groups is 1. The fourth-order valence-electron chi connectivity index (χ4n) is 2.59. The summed E-state index contributed by atoms with van der Waals surface area (Å²) in [5.41, 5.74) is 6.42. The molecule has 2 unspecified atom stereocenters. The fourth-order valence-corrected chi connectivity index (χ4v) is 4.01. The van der Waals surface area contributed by atoms with Gasteiger partial charge in [-0.2, -0.15) is 11.8 Å². The predicted molar refractivity (Wildman–Crippen MR) is 84.8 cm³/mol. The summed E-state index contributed by atoms with van der Waals surface area (Å²) in [7, 11) is 0. The van der Waals surface area contributed by atoms with Crippen LogP contribution in [-0.4, -0.2) is 17.6 Å². The zero-order valence-corrected chi connectivity index (χ0v) is 12.6. The topological polar surface area (TPSA) is 35.2 Å². The Hall–Kier alpha value is -0.830. The van der Waals surface area contributed by atoms with Gasteiger partial charge in [0, 0.05) is 10.9 Å². The number of hydrogen-bond acceptors (Lipinski definition) is 3. The lowest BCUT2D eigenvalue weighted by Gasteiger charge is -2.26. The number of rotatable bonds is 6. The largest absolute Gasteiger partial charge is 0.494 e. The second-order valence-electron chi connectivity index (χ2n) is 5.54. The Morgan fingerprint density at radius 1 is 1.26 bits per heavy atom. The Balaban J connectivity index is 1.55. The van der Waals surface area contributed by atoms with Gasteiger partial charge in [0.25, 0.3) is 0 Å². The van der Waals surface area contributed by atoms with Crippen LogP contribution in [0.3, 0.4) is 0 Å². The molecule has 106 valence electrons. The molecule has 2 atom stereocenters. The van der Waals surface area contributed by atoms with Gasteiger partial charge < -0.3 is 10.5 Å². The van der Waals surface area contributed by atoms with Crippen molar-refractivity contribution in [3.05, 3.63) is 24.3 Å². The highest BCUT2D eigenvalue weighted by atomic mass is 32.2. The molecule has 0 aromatic heterocycles. The van der Waals surface area contributed by atoms with Crippen LogP contribution in [0.5, 0.6) is 5.75 Å². The first-order valence-corrected chi connectivity index (χ1v) is 8.39. The van der Waals surface area contributed by atoms with Crippen molar-refractivity contribution in [2.75, 3.05) is 18.1 Å². The van der Waals surface area contributed by atoms with E-state index in [-0.39, 0.29) is 0 Å². The van der Waals surface area contributed by atoms with Crippen molar-refractivity contribution in [2.24, 2.45) is 5.92 Å². The maximum atomic E-state index is 5.70. The molecule has 0 aliphatic heterocycles. The third-order valence-corrected chi connectivity index (χ3v) is 5.10. The minimum Gasteiger partial charge on any atom is -0.494 e. The normalized spacial score (nSPS) is 23.2. The Labute approximate surface area is 121 Å². The number of hydrogen-bond donors (Lipinski definition) is 1. The van der Waals surface area contributed by atoms with E-state index in [9.17, 15) is 0 Å². The van der Waals surface area contributed by atoms with Gasteiger partial charge in [-0.1, -0.05) is 19.8 Å². The summed E-state index contributed by atoms with van der Waals surface area (Å²) in [4.78, 5) is 0. The van der Waals surface area contributed by atoms with Gasteiger partial charge in [0.2, 0.25) is 0 Å². The van der Waals surface area contributed by atoms with E-state index >= 15 is 0 Å². The standard InChI is InChI=1S/C16H25NOS/c1-13-4-2-5-16(12-13)19-11-3-10-18-15-8-6-14(17)7-9-15/h6-9,13,16H,2-5,10-12,17H2,1H3. The molecule has 0 saturated heterocycles. The maximum Gasteiger partial charge on any atom is 0.119 e. The summed E-state index contributed by atoms with van der Waals surface area (Å²) in [5, 5.41) is 0.889. The average Bonchev–Trinajstić information content (AvgIpc) is 2.41. The van der Waals surface area contributed by atoms with E-state index in [4.69, 9.17) is 10.5 Å². The third kappa shape index (κ3) is 5.35. The SMILES string of the molecule is CC1CCCC(SCCCOc2ccc(N)cc2)C1. The van der Waals surface area contributed by atoms with E-state index in [1.54, 1.807) is 0 Å². The molecule has 1 saturated carbocycles. The number of ether oxygens (including phenoxy) is 1. The zero-order chi connectivity index (χ0) is 13.5. The van der Waals surface area contributed by atoms with Crippen LogP contribution < -0.4 is 10.5 Å². The summed E-state index contributed by atoms with van der Waals surface area (Å²) < 4.78 is 5.70. The molecule has 1 aliphatic carbocycles. The molecule has 19 heavy (non-hydrogen) atoms. The van der Waals surface area contributed by atoms with Gasteiger partial charge >= 0.3 is 0 Å². The fraction of sp³-hybridized carbons (Fsp3) is 0.625. The van der Waals surface area contributed by atoms with Crippen molar-refractivity contribution < 1.29 is 4.74 Å². The summed E-state index contributed by atoms with van der Waals surface area (Å²) in [6.07, 6.45) is 6.79. The summed E-state index contributed by atoms with van der Waals surface area (Å²) >= 11 is 2.14. The van der Waals surface area contributed by atoms with Crippen molar-refractivity contribution in [3.63, 3.8) is 0 Å². The van der Waals surface area contributed by atoms with Crippen molar-refractivity contribution in [1.82, 2.24) is 0 Å². The molecule has 1 aromatic rings. The highest BCUT2D eigenvalue weighted by Crippen LogP contribution is 2.32. The van der Waals surface area contributed by atoms with E-state index in [2.05, 4.69) is 18.7 Å². The first-order valence-electron chi connectivity index (χ1n) is 7.34. The first-order chi connectivity index (χ1) is 9.24. The third-order valence-electron chi connectivity index (χ3n) is 3.68. The van der Waals surface area contributed by atoms with E-state index in [1.165, 1.54) is 31.4 Å². The lowest BCUT2D eigenvalue weighted by atomic mass is 9.91. The molecule has 0 amide bonds. The van der Waals surface area contributed by atoms with Crippen molar-refractivity contribution in [3.8, 4) is 5.75 Å². The molecule has 0 radical (unpaired) electrons. The molecule has 0 spiro atoms. The highest BCUT2D eigenvalue weighted by molar-refractivity contribution is 7.99. The van der Waals surface area contributed by atoms with E-state index in [0.717, 1.165) is 35.6 Å². The second-order valence-corrected chi connectivity index (χ2v) is 6.94. The summed E-state index contributed by atoms with van der Waals surface area (Å²) in [5.74, 6) is 3.06. The Kier molecular flexibility index (Phi) is 5.90. The number of nitrogens with two attached hydrogens (primary N) is 1. The molecule has 2 nitrogen and oxygen atoms in total. The highest BCUT2D eigenvalue weighted by Gasteiger charge is 2.18. The first kappa shape index (κ1) is 14.6. The van der Waals surface area contributed by atoms with Gasteiger partial charge in [0.05, 0.1) is 6.61 Å². The molecular weight excluding hydrogens is 254 g/mol. The number of benzene rings is 1. The minimum absolute atomic E-state index is 0.786. The van der Waals surface area contributed by atoms with Gasteiger partial charge in [-0.3, -0.25) is 0 Å². The van der Waals surface area contributed by atoms with Gasteiger partial charge in [0.15, 0.2) is 0 Å². The van der Waals surface area contributed by atoms with E-state index < -0.39 is 0 Å². The smallest absolute Gasteiger partial charge is 0.119 e. The van der Waals surface area contributed by atoms with Crippen LogP contribution >= 0.6 is 11.8 Å². The quantitative estimate of drug-likeness (QED) is 0.621. The van der Waals surface area contributed by atoms with Gasteiger partial charge in [-0.15, -0.1) is 0 Å². The zero-order valence-electron chi connectivity index (χ0n) is 11.8. The van der Waals surface area contributed by atoms with Crippen LogP contribution in [0.2, 0.25) is 0 Å². The number of nitrogen functional groups attached to an aromatic ring is 1. The lowest BCUT2D eigenvalue weighted by Crippen LogP contribution is -2.15. The monoisotopic (exact) mass is 279 g/mol. The Morgan fingerprint density at radius 2 is 2.05 bits per heavy atom. The van der Waals surface area contributed by atoms with E-state index in [0.29, 0.717) is 0 Å². The van der Waals surface area contributed by atoms with Crippen LogP contribution in [0.1, 0.15) is 39.0 Å². The molecule has 1 aromatic carbocycles. The van der Waals surface area contributed by atoms with Crippen molar-refractivity contribution in [1.29, 1.82) is 0 Å². The van der Waals surface area contributed by atoms with Crippen LogP contribution in [-0.2, 0) is 0 Å². The predicted octanol–water partition coefficient (Wildman–Crippen LogP) is 4.35. The second kappa shape index (κ2) is 7.68. The van der Waals surface area contributed by atoms with Crippen LogP contribution in [0.4, 0.5) is 5.69 Å². The van der Waals surface area contributed by atoms with Crippen LogP contribution in [0.25, 0.3) is 0 Å². The molecule has 3 heteroatoms. The molecule has 0 heterocycles. The van der Waals surface area contributed by atoms with Crippen LogP contribution in [0.15, 0.2) is 24.3 Å². The maximum absolute atomic E-state index is 5.70. The lowest BCUT2D eigenvalue weighted by molar-refractivity contribution is 0.318. The number of anilines is 1. The molecule has 2 N–H and O–H groups in total. The van der Waals surface area contributed by atoms with Crippen molar-refractivity contribution in [2.45, 2.75) is 44.3 Å². The Morgan fingerprint density at radius 3 is 2.79 bits per heavy atom. The summed E-state index contributed by atoms with van der Waals surface area (Å²) in [6.45, 7) is 3.19. The molecule has 1 aliphatic rings. The van der Waals surface area contributed by atoms with Crippen LogP contribution in [0, 0.1) is 5.92 Å². The summed E-state index contributed by atoms with van der Waals surface area (Å²) in [6, 6.07) is 7.64. The Bertz CT molecular complexity index is 366. The van der Waals surface area contributed by atoms with Gasteiger partial charge in [-0.25, -0.2) is 0 Å². The van der Waals surface area contributed by atoms with E-state index in [1.807, 2.05) is 24.3 Å². The van der Waals surface area contributed by atoms with Gasteiger partial charge in [0.1, 0.15) is 5.75 Å². The van der Waals surface area contributed by atoms with Crippen molar-refractivity contribution >= 4 is 17.4 Å². The average molecular weight is 279 g/mol. The minimum atomic E-state index is 0.786. The molecule has 2 rings (SSSR count). The molecule has 1 fully saturated rings. The van der Waals surface area contributed by atoms with Gasteiger partial charge in [-0.05, 0) is 55.2 Å².